The number of allylic oxidation sites excluding steroid dienone is 16. The van der Waals surface area contributed by atoms with Crippen LogP contribution in [0.15, 0.2) is 97.2 Å². The lowest BCUT2D eigenvalue weighted by atomic mass is 10.0. The number of unbranched alkanes of at least 4 members (excludes halogenated alkanes) is 30. The first-order chi connectivity index (χ1) is 37.0. The van der Waals surface area contributed by atoms with E-state index in [2.05, 4.69) is 118 Å². The number of hydrogen-bond donors (Lipinski definition) is 0. The van der Waals surface area contributed by atoms with Crippen molar-refractivity contribution in [2.24, 2.45) is 0 Å². The third-order valence-electron chi connectivity index (χ3n) is 13.6. The van der Waals surface area contributed by atoms with Gasteiger partial charge in [0.25, 0.3) is 0 Å². The van der Waals surface area contributed by atoms with E-state index in [1.165, 1.54) is 141 Å². The molecule has 0 radical (unpaired) electrons. The molecule has 0 aromatic heterocycles. The van der Waals surface area contributed by atoms with Gasteiger partial charge in [0.15, 0.2) is 6.10 Å². The van der Waals surface area contributed by atoms with Gasteiger partial charge in [0, 0.05) is 19.3 Å². The van der Waals surface area contributed by atoms with Crippen LogP contribution in [0.1, 0.15) is 303 Å². The van der Waals surface area contributed by atoms with Crippen molar-refractivity contribution in [3.63, 3.8) is 0 Å². The van der Waals surface area contributed by atoms with Crippen LogP contribution in [-0.2, 0) is 28.6 Å². The minimum Gasteiger partial charge on any atom is -0.462 e. The molecule has 0 amide bonds. The lowest BCUT2D eigenvalue weighted by Crippen LogP contribution is -2.30. The summed E-state index contributed by atoms with van der Waals surface area (Å²) in [5.41, 5.74) is 0. The maximum atomic E-state index is 12.9. The summed E-state index contributed by atoms with van der Waals surface area (Å²) in [6, 6.07) is 0. The van der Waals surface area contributed by atoms with Crippen molar-refractivity contribution in [2.75, 3.05) is 13.2 Å². The number of rotatable bonds is 57. The van der Waals surface area contributed by atoms with Crippen molar-refractivity contribution in [3.8, 4) is 0 Å². The van der Waals surface area contributed by atoms with Gasteiger partial charge >= 0.3 is 17.9 Å². The molecule has 0 rings (SSSR count). The van der Waals surface area contributed by atoms with E-state index in [-0.39, 0.29) is 31.1 Å². The van der Waals surface area contributed by atoms with E-state index >= 15 is 0 Å². The molecule has 1 unspecified atom stereocenters. The average molecular weight is 1040 g/mol. The predicted octanol–water partition coefficient (Wildman–Crippen LogP) is 21.7. The van der Waals surface area contributed by atoms with Crippen molar-refractivity contribution >= 4 is 17.9 Å². The largest absolute Gasteiger partial charge is 0.462 e. The highest BCUT2D eigenvalue weighted by molar-refractivity contribution is 5.71. The molecule has 0 aliphatic rings. The van der Waals surface area contributed by atoms with Gasteiger partial charge in [-0.15, -0.1) is 0 Å². The molecule has 0 saturated heterocycles. The molecule has 75 heavy (non-hydrogen) atoms. The quantitative estimate of drug-likeness (QED) is 0.0261. The maximum Gasteiger partial charge on any atom is 0.306 e. The SMILES string of the molecule is CC/C=C\C/C=C\C/C=C\C/C=C\C/C=C\C/C=C\C/C=C\C/C=C\CCCCCCCCC(=O)OCC(COC(=O)CCCCCCCCCCCC)OC(=O)CCCCCCCCCCCCCCCCCC. The summed E-state index contributed by atoms with van der Waals surface area (Å²) in [6.45, 7) is 6.53. The molecule has 0 aliphatic carbocycles. The molecular weight excluding hydrogens is 925 g/mol. The molecule has 0 aromatic rings. The fraction of sp³-hybridized carbons (Fsp3) is 0.725. The van der Waals surface area contributed by atoms with E-state index in [4.69, 9.17) is 14.2 Å². The summed E-state index contributed by atoms with van der Waals surface area (Å²) in [7, 11) is 0. The van der Waals surface area contributed by atoms with Gasteiger partial charge < -0.3 is 14.2 Å². The van der Waals surface area contributed by atoms with E-state index in [0.717, 1.165) is 122 Å². The Hall–Kier alpha value is -3.67. The summed E-state index contributed by atoms with van der Waals surface area (Å²) in [5.74, 6) is -0.884. The summed E-state index contributed by atoms with van der Waals surface area (Å²) < 4.78 is 16.9. The van der Waals surface area contributed by atoms with Crippen molar-refractivity contribution in [1.82, 2.24) is 0 Å². The third kappa shape index (κ3) is 61.1. The Morgan fingerprint density at radius 3 is 0.813 bits per heavy atom. The molecule has 0 aliphatic heterocycles. The smallest absolute Gasteiger partial charge is 0.306 e. The fourth-order valence-electron chi connectivity index (χ4n) is 8.87. The summed E-state index contributed by atoms with van der Waals surface area (Å²) in [4.78, 5) is 38.2. The topological polar surface area (TPSA) is 78.9 Å². The molecule has 1 atom stereocenters. The van der Waals surface area contributed by atoms with Gasteiger partial charge in [0.2, 0.25) is 0 Å². The Kier molecular flexibility index (Phi) is 59.8. The Morgan fingerprint density at radius 1 is 0.280 bits per heavy atom. The highest BCUT2D eigenvalue weighted by Crippen LogP contribution is 2.16. The van der Waals surface area contributed by atoms with Crippen molar-refractivity contribution in [2.45, 2.75) is 309 Å². The molecule has 430 valence electrons. The van der Waals surface area contributed by atoms with Crippen LogP contribution in [0.2, 0.25) is 0 Å². The first kappa shape index (κ1) is 71.3. The minimum absolute atomic E-state index is 0.0778. The van der Waals surface area contributed by atoms with Gasteiger partial charge in [-0.3, -0.25) is 14.4 Å². The zero-order valence-electron chi connectivity index (χ0n) is 49.3. The predicted molar refractivity (Wildman–Crippen MR) is 325 cm³/mol. The van der Waals surface area contributed by atoms with Crippen molar-refractivity contribution in [3.05, 3.63) is 97.2 Å². The van der Waals surface area contributed by atoms with Crippen LogP contribution < -0.4 is 0 Å². The van der Waals surface area contributed by atoms with Crippen LogP contribution in [0.5, 0.6) is 0 Å². The zero-order valence-corrected chi connectivity index (χ0v) is 49.3. The summed E-state index contributed by atoms with van der Waals surface area (Å²) in [5, 5.41) is 0. The standard InChI is InChI=1S/C69H118O6/c1-4-7-10-13-16-19-22-24-26-28-29-30-31-32-33-34-35-36-37-38-39-40-41-42-44-45-47-50-53-56-59-62-68(71)74-65-66(64-73-67(70)61-58-55-52-49-21-18-15-12-9-6-3)75-69(72)63-60-57-54-51-48-46-43-27-25-23-20-17-14-11-8-5-2/h7,10,16,19,24,26,29-30,32-33,35-36,38-39,41-42,66H,4-6,8-9,11-15,17-18,20-23,25,27-28,31,34,37,40,43-65H2,1-3H3/b10-7-,19-16-,26-24-,30-29-,33-32-,36-35-,39-38-,42-41-. The van der Waals surface area contributed by atoms with Gasteiger partial charge in [0.1, 0.15) is 13.2 Å². The van der Waals surface area contributed by atoms with E-state index < -0.39 is 6.10 Å². The van der Waals surface area contributed by atoms with Crippen LogP contribution in [0.3, 0.4) is 0 Å². The number of ether oxygens (including phenoxy) is 3. The Balaban J connectivity index is 4.25. The van der Waals surface area contributed by atoms with Gasteiger partial charge in [0.05, 0.1) is 0 Å². The monoisotopic (exact) mass is 1040 g/mol. The first-order valence-electron chi connectivity index (χ1n) is 31.7. The van der Waals surface area contributed by atoms with Crippen LogP contribution >= 0.6 is 0 Å². The fourth-order valence-corrected chi connectivity index (χ4v) is 8.87. The second-order valence-corrected chi connectivity index (χ2v) is 21.0. The minimum atomic E-state index is -0.780. The van der Waals surface area contributed by atoms with Gasteiger partial charge in [-0.1, -0.05) is 298 Å². The van der Waals surface area contributed by atoms with Crippen molar-refractivity contribution < 1.29 is 28.6 Å². The second kappa shape index (κ2) is 62.9. The molecule has 6 nitrogen and oxygen atoms in total. The molecule has 0 saturated carbocycles. The highest BCUT2D eigenvalue weighted by atomic mass is 16.6. The summed E-state index contributed by atoms with van der Waals surface area (Å²) >= 11 is 0. The van der Waals surface area contributed by atoms with Crippen molar-refractivity contribution in [1.29, 1.82) is 0 Å². The molecule has 0 N–H and O–H groups in total. The molecule has 0 fully saturated rings. The molecule has 0 heterocycles. The van der Waals surface area contributed by atoms with Gasteiger partial charge in [-0.25, -0.2) is 0 Å². The number of hydrogen-bond acceptors (Lipinski definition) is 6. The number of carbonyl (C=O) groups is 3. The Bertz CT molecular complexity index is 1480. The third-order valence-corrected chi connectivity index (χ3v) is 13.6. The lowest BCUT2D eigenvalue weighted by Gasteiger charge is -2.18. The van der Waals surface area contributed by atoms with E-state index in [1.807, 2.05) is 0 Å². The van der Waals surface area contributed by atoms with Crippen LogP contribution in [0.25, 0.3) is 0 Å². The number of esters is 3. The number of carbonyl (C=O) groups excluding carboxylic acids is 3. The van der Waals surface area contributed by atoms with E-state index in [9.17, 15) is 14.4 Å². The molecule has 0 bridgehead atoms. The molecule has 0 aromatic carbocycles. The molecule has 0 spiro atoms. The average Bonchev–Trinajstić information content (AvgIpc) is 3.41. The van der Waals surface area contributed by atoms with Gasteiger partial charge in [-0.2, -0.15) is 0 Å². The van der Waals surface area contributed by atoms with Crippen LogP contribution in [0.4, 0.5) is 0 Å². The Morgan fingerprint density at radius 2 is 0.520 bits per heavy atom. The second-order valence-electron chi connectivity index (χ2n) is 21.0. The lowest BCUT2D eigenvalue weighted by molar-refractivity contribution is -0.167. The highest BCUT2D eigenvalue weighted by Gasteiger charge is 2.19. The van der Waals surface area contributed by atoms with Crippen LogP contribution in [0, 0.1) is 0 Å². The molecular formula is C69H118O6. The first-order valence-corrected chi connectivity index (χ1v) is 31.7. The maximum absolute atomic E-state index is 12.9. The van der Waals surface area contributed by atoms with E-state index in [0.29, 0.717) is 19.3 Å². The molecule has 6 heteroatoms. The van der Waals surface area contributed by atoms with Crippen LogP contribution in [-0.4, -0.2) is 37.2 Å². The summed E-state index contributed by atoms with van der Waals surface area (Å²) in [6.07, 6.45) is 84.1. The normalized spacial score (nSPS) is 12.7. The van der Waals surface area contributed by atoms with E-state index in [1.54, 1.807) is 0 Å². The van der Waals surface area contributed by atoms with Gasteiger partial charge in [-0.05, 0) is 83.5 Å². The Labute approximate surface area is 464 Å². The zero-order chi connectivity index (χ0) is 54.3.